The molecule has 0 aliphatic carbocycles. The summed E-state index contributed by atoms with van der Waals surface area (Å²) in [6, 6.07) is 2.82. The number of halogens is 3. The molecular weight excluding hydrogens is 551 g/mol. The van der Waals surface area contributed by atoms with E-state index in [1.54, 1.807) is 13.3 Å². The molecule has 0 aromatic heterocycles. The maximum Gasteiger partial charge on any atom is 0.328 e. The van der Waals surface area contributed by atoms with Gasteiger partial charge in [-0.1, -0.05) is 34.8 Å². The number of carbonyl (C=O) groups is 2. The fraction of sp³-hybridized carbons (Fsp3) is 0.545. The molecule has 0 saturated heterocycles. The van der Waals surface area contributed by atoms with Crippen LogP contribution in [0.1, 0.15) is 59.3 Å². The third-order valence-electron chi connectivity index (χ3n) is 4.28. The Balaban J connectivity index is 0.000000584. The van der Waals surface area contributed by atoms with E-state index >= 15 is 0 Å². The minimum atomic E-state index is -1.23. The van der Waals surface area contributed by atoms with E-state index in [1.165, 1.54) is 50.7 Å². The first kappa shape index (κ1) is 29.6. The zero-order chi connectivity index (χ0) is 22.9. The van der Waals surface area contributed by atoms with Crippen LogP contribution < -0.4 is 5.32 Å². The molecule has 0 aliphatic heterocycles. The summed E-state index contributed by atoms with van der Waals surface area (Å²) in [5, 5.41) is 11.4. The summed E-state index contributed by atoms with van der Waals surface area (Å²) in [7, 11) is 0. The van der Waals surface area contributed by atoms with Crippen LogP contribution in [0.5, 0.6) is 0 Å². The number of nitrogens with one attached hydrogen (secondary N) is 1. The molecule has 0 bridgehead atoms. The van der Waals surface area contributed by atoms with Crippen molar-refractivity contribution in [2.45, 2.75) is 72.6 Å². The molecule has 1 aromatic rings. The number of benzene rings is 1. The molecule has 1 aromatic carbocycles. The first-order valence-electron chi connectivity index (χ1n) is 10.4. The first-order valence-corrected chi connectivity index (χ1v) is 17.6. The van der Waals surface area contributed by atoms with Crippen LogP contribution in [0, 0.1) is 0 Å². The molecule has 1 amide bonds. The third kappa shape index (κ3) is 14.6. The second kappa shape index (κ2) is 18.2. The molecular formula is C22H33Cl3NO3Sn. The monoisotopic (exact) mass is 584 g/mol. The number of amides is 1. The van der Waals surface area contributed by atoms with Crippen LogP contribution in [-0.4, -0.2) is 36.7 Å². The maximum absolute atomic E-state index is 11.3. The van der Waals surface area contributed by atoms with Gasteiger partial charge >= 0.3 is 98.3 Å². The molecule has 0 fully saturated rings. The van der Waals surface area contributed by atoms with Crippen LogP contribution in [0.2, 0.25) is 28.4 Å². The van der Waals surface area contributed by atoms with Crippen LogP contribution in [0.15, 0.2) is 24.3 Å². The Morgan fingerprint density at radius 1 is 0.900 bits per heavy atom. The van der Waals surface area contributed by atoms with Crippen molar-refractivity contribution in [1.29, 1.82) is 0 Å². The molecule has 1 radical (unpaired) electrons. The summed E-state index contributed by atoms with van der Waals surface area (Å²) in [6.07, 6.45) is 10.4. The van der Waals surface area contributed by atoms with Gasteiger partial charge in [-0.15, -0.1) is 0 Å². The van der Waals surface area contributed by atoms with E-state index < -0.39 is 31.6 Å². The number of carboxylic acid groups (broad SMARTS) is 1. The van der Waals surface area contributed by atoms with E-state index in [0.717, 1.165) is 6.08 Å². The molecule has 30 heavy (non-hydrogen) atoms. The van der Waals surface area contributed by atoms with E-state index in [9.17, 15) is 9.59 Å². The average Bonchev–Trinajstić information content (AvgIpc) is 2.69. The molecule has 0 unspecified atom stereocenters. The summed E-state index contributed by atoms with van der Waals surface area (Å²) in [4.78, 5) is 21.5. The number of carboxylic acids is 1. The predicted molar refractivity (Wildman–Crippen MR) is 132 cm³/mol. The van der Waals surface area contributed by atoms with Crippen molar-refractivity contribution in [2.75, 3.05) is 5.32 Å². The largest absolute Gasteiger partial charge is 0.478 e. The van der Waals surface area contributed by atoms with Gasteiger partial charge in [0.2, 0.25) is 5.91 Å². The first-order chi connectivity index (χ1) is 14.2. The van der Waals surface area contributed by atoms with Crippen LogP contribution in [-0.2, 0) is 9.59 Å². The van der Waals surface area contributed by atoms with Crippen LogP contribution in [0.3, 0.4) is 0 Å². The van der Waals surface area contributed by atoms with Crippen molar-refractivity contribution in [3.05, 3.63) is 39.4 Å². The van der Waals surface area contributed by atoms with Gasteiger partial charge in [-0.2, -0.15) is 0 Å². The quantitative estimate of drug-likeness (QED) is 0.193. The topological polar surface area (TPSA) is 66.4 Å². The van der Waals surface area contributed by atoms with Gasteiger partial charge < -0.3 is 10.4 Å². The van der Waals surface area contributed by atoms with Crippen LogP contribution >= 0.6 is 34.8 Å². The van der Waals surface area contributed by atoms with E-state index in [-0.39, 0.29) is 15.7 Å². The Bertz CT molecular complexity index is 642. The zero-order valence-electron chi connectivity index (χ0n) is 18.1. The Hall–Kier alpha value is -0.431. The van der Waals surface area contributed by atoms with E-state index in [1.807, 2.05) is 0 Å². The normalized spacial score (nSPS) is 10.8. The average molecular weight is 585 g/mol. The summed E-state index contributed by atoms with van der Waals surface area (Å²) >= 11 is 16.5. The smallest absolute Gasteiger partial charge is 0.328 e. The van der Waals surface area contributed by atoms with Crippen LogP contribution in [0.25, 0.3) is 0 Å². The molecule has 8 heteroatoms. The summed E-state index contributed by atoms with van der Waals surface area (Å²) < 4.78 is 5.04. The number of aliphatic carboxylic acids is 1. The standard InChI is InChI=1S/C10H6Cl3NO3.3C4H9.Sn/c11-5-3-6(12)10(7(13)4-5)14-8(15)1-2-9(16)17;3*1-3-4-2;/h1-4H,(H,14,15)(H,16,17);3*1,3-4H2,2H3;/b2-1+;;;;. The van der Waals surface area contributed by atoms with Gasteiger partial charge in [-0.25, -0.2) is 4.79 Å². The third-order valence-corrected chi connectivity index (χ3v) is 14.2. The second-order valence-corrected chi connectivity index (χ2v) is 16.8. The van der Waals surface area contributed by atoms with Gasteiger partial charge in [0.05, 0.1) is 15.7 Å². The SMILES string of the molecule is CCC[CH2][Sn]([CH2]CCC)[CH2]CCC.O=C(O)/C=C/C(=O)Nc1c(Cl)cc(Cl)cc1Cl. The fourth-order valence-electron chi connectivity index (χ4n) is 2.63. The molecule has 0 aliphatic rings. The van der Waals surface area contributed by atoms with Crippen LogP contribution in [0.4, 0.5) is 5.69 Å². The Morgan fingerprint density at radius 2 is 1.33 bits per heavy atom. The molecule has 0 atom stereocenters. The molecule has 0 heterocycles. The van der Waals surface area contributed by atoms with Crippen molar-refractivity contribution in [3.8, 4) is 0 Å². The Labute approximate surface area is 203 Å². The van der Waals surface area contributed by atoms with Crippen molar-refractivity contribution >= 4 is 72.1 Å². The molecule has 2 N–H and O–H groups in total. The molecule has 1 rings (SSSR count). The van der Waals surface area contributed by atoms with Gasteiger partial charge in [-0.05, 0) is 12.1 Å². The van der Waals surface area contributed by atoms with Crippen molar-refractivity contribution in [3.63, 3.8) is 0 Å². The number of anilines is 1. The number of unbranched alkanes of at least 4 members (excludes halogenated alkanes) is 3. The van der Waals surface area contributed by atoms with Gasteiger partial charge in [0, 0.05) is 17.2 Å². The maximum atomic E-state index is 11.3. The zero-order valence-corrected chi connectivity index (χ0v) is 23.2. The summed E-state index contributed by atoms with van der Waals surface area (Å²) in [6.45, 7) is 7.00. The van der Waals surface area contributed by atoms with Crippen molar-refractivity contribution < 1.29 is 14.7 Å². The van der Waals surface area contributed by atoms with Gasteiger partial charge in [0.15, 0.2) is 0 Å². The van der Waals surface area contributed by atoms with Crippen molar-refractivity contribution in [1.82, 2.24) is 0 Å². The molecule has 169 valence electrons. The van der Waals surface area contributed by atoms with Gasteiger partial charge in [0.1, 0.15) is 0 Å². The number of hydrogen-bond acceptors (Lipinski definition) is 2. The van der Waals surface area contributed by atoms with E-state index in [4.69, 9.17) is 39.9 Å². The molecule has 4 nitrogen and oxygen atoms in total. The Morgan fingerprint density at radius 3 is 1.70 bits per heavy atom. The summed E-state index contributed by atoms with van der Waals surface area (Å²) in [5.74, 6) is -1.88. The van der Waals surface area contributed by atoms with Gasteiger partial charge in [0.25, 0.3) is 0 Å². The number of hydrogen-bond donors (Lipinski definition) is 2. The van der Waals surface area contributed by atoms with Gasteiger partial charge in [-0.3, -0.25) is 4.79 Å². The summed E-state index contributed by atoms with van der Waals surface area (Å²) in [5.41, 5.74) is 0.178. The second-order valence-electron chi connectivity index (χ2n) is 6.97. The number of rotatable bonds is 12. The fourth-order valence-corrected chi connectivity index (χ4v) is 13.0. The molecule has 0 spiro atoms. The predicted octanol–water partition coefficient (Wildman–Crippen LogP) is 8.11. The minimum absolute atomic E-state index is 0.166. The Kier molecular flexibility index (Phi) is 17.9. The molecule has 0 saturated carbocycles. The van der Waals surface area contributed by atoms with Crippen molar-refractivity contribution in [2.24, 2.45) is 0 Å². The van der Waals surface area contributed by atoms with E-state index in [0.29, 0.717) is 11.1 Å². The minimum Gasteiger partial charge on any atom is -0.478 e. The van der Waals surface area contributed by atoms with E-state index in [2.05, 4.69) is 26.1 Å². The number of carbonyl (C=O) groups excluding carboxylic acids is 1.